The summed E-state index contributed by atoms with van der Waals surface area (Å²) in [5.74, 6) is 1.96. The van der Waals surface area contributed by atoms with Crippen molar-refractivity contribution in [3.05, 3.63) is 170 Å². The molecule has 0 amide bonds. The van der Waals surface area contributed by atoms with Gasteiger partial charge in [0.2, 0.25) is 0 Å². The number of hydrogen-bond acceptors (Lipinski definition) is 4. The van der Waals surface area contributed by atoms with Crippen molar-refractivity contribution in [2.45, 2.75) is 0 Å². The minimum absolute atomic E-state index is 0.647. The van der Waals surface area contributed by atoms with E-state index < -0.39 is 0 Å². The molecular weight excluding hydrogens is 560 g/mol. The van der Waals surface area contributed by atoms with Crippen molar-refractivity contribution in [2.75, 3.05) is 0 Å². The van der Waals surface area contributed by atoms with Crippen LogP contribution in [0.3, 0.4) is 0 Å². The summed E-state index contributed by atoms with van der Waals surface area (Å²) in [5, 5.41) is 2.43. The van der Waals surface area contributed by atoms with Crippen LogP contribution in [0.1, 0.15) is 0 Å². The molecule has 8 aromatic rings. The average Bonchev–Trinajstić information content (AvgIpc) is 3.15. The summed E-state index contributed by atoms with van der Waals surface area (Å²) in [6.45, 7) is 0. The van der Waals surface area contributed by atoms with E-state index in [0.717, 1.165) is 33.4 Å². The van der Waals surface area contributed by atoms with Gasteiger partial charge >= 0.3 is 0 Å². The highest BCUT2D eigenvalue weighted by Gasteiger charge is 2.13. The second-order valence-corrected chi connectivity index (χ2v) is 11.1. The molecule has 2 aromatic heterocycles. The van der Waals surface area contributed by atoms with E-state index in [-0.39, 0.29) is 0 Å². The highest BCUT2D eigenvalue weighted by Crippen LogP contribution is 2.36. The first kappa shape index (κ1) is 27.3. The first-order chi connectivity index (χ1) is 22.8. The summed E-state index contributed by atoms with van der Waals surface area (Å²) in [7, 11) is 0. The van der Waals surface area contributed by atoms with Crippen molar-refractivity contribution in [2.24, 2.45) is 0 Å². The molecule has 46 heavy (non-hydrogen) atoms. The molecule has 0 radical (unpaired) electrons. The third-order valence-corrected chi connectivity index (χ3v) is 8.27. The van der Waals surface area contributed by atoms with Gasteiger partial charge in [0.25, 0.3) is 0 Å². The second kappa shape index (κ2) is 12.0. The fourth-order valence-electron chi connectivity index (χ4n) is 5.93. The number of fused-ring (bicyclic) bond motifs is 1. The molecule has 216 valence electrons. The summed E-state index contributed by atoms with van der Waals surface area (Å²) in [6, 6.07) is 54.5. The van der Waals surface area contributed by atoms with Crippen molar-refractivity contribution in [3.8, 4) is 67.5 Å². The number of nitrogens with zero attached hydrogens (tertiary/aromatic N) is 4. The minimum Gasteiger partial charge on any atom is -0.264 e. The summed E-state index contributed by atoms with van der Waals surface area (Å²) in [5.41, 5.74) is 9.84. The van der Waals surface area contributed by atoms with Crippen LogP contribution in [0.25, 0.3) is 78.3 Å². The van der Waals surface area contributed by atoms with Gasteiger partial charge in [-0.2, -0.15) is 0 Å². The van der Waals surface area contributed by atoms with Crippen LogP contribution in [0.5, 0.6) is 0 Å². The van der Waals surface area contributed by atoms with Gasteiger partial charge in [-0.15, -0.1) is 0 Å². The Morgan fingerprint density at radius 1 is 0.283 bits per heavy atom. The first-order valence-electron chi connectivity index (χ1n) is 15.3. The lowest BCUT2D eigenvalue weighted by molar-refractivity contribution is 1.07. The topological polar surface area (TPSA) is 51.6 Å². The maximum absolute atomic E-state index is 4.90. The third kappa shape index (κ3) is 5.33. The molecule has 0 unspecified atom stereocenters. The Morgan fingerprint density at radius 3 is 1.15 bits per heavy atom. The van der Waals surface area contributed by atoms with Gasteiger partial charge < -0.3 is 0 Å². The summed E-state index contributed by atoms with van der Waals surface area (Å²) in [6.07, 6.45) is 3.70. The minimum atomic E-state index is 0.647. The molecular formula is C42H28N4. The maximum Gasteiger partial charge on any atom is 0.164 e. The Balaban J connectivity index is 1.16. The highest BCUT2D eigenvalue weighted by molar-refractivity contribution is 6.04. The van der Waals surface area contributed by atoms with Crippen LogP contribution in [0, 0.1) is 0 Å². The van der Waals surface area contributed by atoms with E-state index in [1.54, 1.807) is 6.20 Å². The van der Waals surface area contributed by atoms with Gasteiger partial charge in [0.15, 0.2) is 17.5 Å². The van der Waals surface area contributed by atoms with Crippen LogP contribution in [0.4, 0.5) is 0 Å². The van der Waals surface area contributed by atoms with Gasteiger partial charge in [0.05, 0.1) is 0 Å². The van der Waals surface area contributed by atoms with Crippen molar-refractivity contribution >= 4 is 10.8 Å². The van der Waals surface area contributed by atoms with Crippen molar-refractivity contribution in [3.63, 3.8) is 0 Å². The molecule has 0 aliphatic carbocycles. The smallest absolute Gasteiger partial charge is 0.164 e. The van der Waals surface area contributed by atoms with E-state index in [1.165, 1.54) is 27.5 Å². The Morgan fingerprint density at radius 2 is 0.696 bits per heavy atom. The zero-order valence-electron chi connectivity index (χ0n) is 25.0. The molecule has 6 aromatic carbocycles. The third-order valence-electron chi connectivity index (χ3n) is 8.27. The number of aromatic nitrogens is 4. The molecule has 0 aliphatic heterocycles. The van der Waals surface area contributed by atoms with Crippen LogP contribution >= 0.6 is 0 Å². The number of pyridine rings is 1. The monoisotopic (exact) mass is 588 g/mol. The zero-order chi connectivity index (χ0) is 30.7. The molecule has 0 fully saturated rings. The molecule has 0 bridgehead atoms. The molecule has 4 heteroatoms. The van der Waals surface area contributed by atoms with E-state index in [4.69, 9.17) is 15.0 Å². The predicted octanol–water partition coefficient (Wildman–Crippen LogP) is 10.4. The maximum atomic E-state index is 4.90. The number of benzene rings is 6. The molecule has 0 saturated carbocycles. The summed E-state index contributed by atoms with van der Waals surface area (Å²) < 4.78 is 0. The van der Waals surface area contributed by atoms with Gasteiger partial charge in [0.1, 0.15) is 0 Å². The number of hydrogen-bond donors (Lipinski definition) is 0. The Kier molecular flexibility index (Phi) is 7.14. The normalized spacial score (nSPS) is 11.0. The van der Waals surface area contributed by atoms with Gasteiger partial charge in [0, 0.05) is 29.1 Å². The van der Waals surface area contributed by atoms with Crippen LogP contribution in [-0.4, -0.2) is 19.9 Å². The van der Waals surface area contributed by atoms with Crippen molar-refractivity contribution in [1.82, 2.24) is 19.9 Å². The lowest BCUT2D eigenvalue weighted by Gasteiger charge is -2.13. The molecule has 0 aliphatic rings. The molecule has 0 atom stereocenters. The largest absolute Gasteiger partial charge is 0.264 e. The molecule has 4 nitrogen and oxygen atoms in total. The van der Waals surface area contributed by atoms with Gasteiger partial charge in [-0.3, -0.25) is 4.98 Å². The fraction of sp³-hybridized carbons (Fsp3) is 0. The van der Waals surface area contributed by atoms with Crippen molar-refractivity contribution < 1.29 is 0 Å². The molecule has 0 spiro atoms. The van der Waals surface area contributed by atoms with Crippen LogP contribution < -0.4 is 0 Å². The van der Waals surface area contributed by atoms with E-state index in [2.05, 4.69) is 96.0 Å². The Hall–Kier alpha value is -6.26. The summed E-state index contributed by atoms with van der Waals surface area (Å²) in [4.78, 5) is 18.9. The fourth-order valence-corrected chi connectivity index (χ4v) is 5.93. The zero-order valence-corrected chi connectivity index (χ0v) is 25.0. The number of rotatable bonds is 6. The van der Waals surface area contributed by atoms with E-state index in [0.29, 0.717) is 17.5 Å². The van der Waals surface area contributed by atoms with Gasteiger partial charge in [-0.05, 0) is 50.2 Å². The van der Waals surface area contributed by atoms with E-state index in [9.17, 15) is 0 Å². The second-order valence-electron chi connectivity index (χ2n) is 11.1. The predicted molar refractivity (Wildman–Crippen MR) is 188 cm³/mol. The van der Waals surface area contributed by atoms with E-state index >= 15 is 0 Å². The van der Waals surface area contributed by atoms with Crippen LogP contribution in [-0.2, 0) is 0 Å². The standard InChI is InChI=1S/C42H28N4/c1-3-10-32(11-4-1)40-44-41(33-12-5-2-6-13-33)46-42(45-40)34-25-23-31(24-26-34)37-16-8-17-38-36(15-7-18-39(37)38)30-21-19-29(20-22-30)35-14-9-27-43-28-35/h1-28H. The summed E-state index contributed by atoms with van der Waals surface area (Å²) >= 11 is 0. The quantitative estimate of drug-likeness (QED) is 0.194. The first-order valence-corrected chi connectivity index (χ1v) is 15.3. The lowest BCUT2D eigenvalue weighted by atomic mass is 9.92. The lowest BCUT2D eigenvalue weighted by Crippen LogP contribution is -2.00. The Labute approximate surface area is 267 Å². The SMILES string of the molecule is c1ccc(-c2nc(-c3ccccc3)nc(-c3ccc(-c4cccc5c(-c6ccc(-c7cccnc7)cc6)cccc45)cc3)n2)cc1. The van der Waals surface area contributed by atoms with Crippen LogP contribution in [0.2, 0.25) is 0 Å². The van der Waals surface area contributed by atoms with Gasteiger partial charge in [-0.25, -0.2) is 15.0 Å². The molecule has 0 saturated heterocycles. The molecule has 2 heterocycles. The molecule has 0 N–H and O–H groups in total. The van der Waals surface area contributed by atoms with Gasteiger partial charge in [-0.1, -0.05) is 152 Å². The highest BCUT2D eigenvalue weighted by atomic mass is 15.0. The average molecular weight is 589 g/mol. The van der Waals surface area contributed by atoms with Crippen LogP contribution in [0.15, 0.2) is 170 Å². The Bertz CT molecular complexity index is 2210. The van der Waals surface area contributed by atoms with Crippen molar-refractivity contribution in [1.29, 1.82) is 0 Å². The molecule has 8 rings (SSSR count). The van der Waals surface area contributed by atoms with E-state index in [1.807, 2.05) is 72.9 Å².